The largest absolute Gasteiger partial charge is 0.335 e. The molecule has 0 N–H and O–H groups in total. The zero-order valence-corrected chi connectivity index (χ0v) is 14.6. The van der Waals surface area contributed by atoms with Gasteiger partial charge >= 0.3 is 0 Å². The Morgan fingerprint density at radius 3 is 2.27 bits per heavy atom. The minimum atomic E-state index is -0.00369. The first-order valence-corrected chi connectivity index (χ1v) is 9.77. The molecule has 0 aromatic carbocycles. The third kappa shape index (κ3) is 2.42. The van der Waals surface area contributed by atoms with Gasteiger partial charge < -0.3 is 4.90 Å². The number of carbonyl (C=O) groups is 1. The van der Waals surface area contributed by atoms with Gasteiger partial charge in [0.25, 0.3) is 0 Å². The van der Waals surface area contributed by atoms with E-state index in [4.69, 9.17) is 0 Å². The van der Waals surface area contributed by atoms with Crippen LogP contribution in [0.25, 0.3) is 0 Å². The third-order valence-corrected chi connectivity index (χ3v) is 7.14. The molecule has 0 radical (unpaired) electrons. The summed E-state index contributed by atoms with van der Waals surface area (Å²) in [5, 5.41) is 2.11. The molecule has 1 heterocycles. The van der Waals surface area contributed by atoms with E-state index >= 15 is 0 Å². The maximum Gasteiger partial charge on any atom is 0.229 e. The fourth-order valence-electron chi connectivity index (χ4n) is 5.74. The van der Waals surface area contributed by atoms with Crippen LogP contribution in [-0.2, 0) is 11.3 Å². The third-order valence-electron chi connectivity index (χ3n) is 6.28. The van der Waals surface area contributed by atoms with Gasteiger partial charge in [-0.25, -0.2) is 0 Å². The lowest BCUT2D eigenvalue weighted by Crippen LogP contribution is -2.55. The molecule has 5 rings (SSSR count). The van der Waals surface area contributed by atoms with Gasteiger partial charge in [0.15, 0.2) is 0 Å². The van der Waals surface area contributed by atoms with E-state index in [9.17, 15) is 4.79 Å². The molecule has 2 nitrogen and oxygen atoms in total. The van der Waals surface area contributed by atoms with Crippen molar-refractivity contribution in [1.82, 2.24) is 4.90 Å². The first-order chi connectivity index (χ1) is 10.6. The molecular formula is C19H27NOS. The minimum Gasteiger partial charge on any atom is -0.335 e. The van der Waals surface area contributed by atoms with Crippen molar-refractivity contribution in [1.29, 1.82) is 0 Å². The summed E-state index contributed by atoms with van der Waals surface area (Å²) < 4.78 is 0. The summed E-state index contributed by atoms with van der Waals surface area (Å²) in [7, 11) is 0. The van der Waals surface area contributed by atoms with E-state index in [0.29, 0.717) is 11.9 Å². The van der Waals surface area contributed by atoms with Gasteiger partial charge in [0.05, 0.1) is 12.0 Å². The predicted octanol–water partition coefficient (Wildman–Crippen LogP) is 4.70. The zero-order valence-electron chi connectivity index (χ0n) is 13.8. The standard InChI is InChI=1S/C19H27NOS/c1-13(2)20(12-17-4-3-5-22-17)18(21)19-9-14-6-15(10-19)8-16(7-14)11-19/h3-5,13-16H,6-12H2,1-2H3. The quantitative estimate of drug-likeness (QED) is 0.788. The molecule has 4 aliphatic rings. The molecule has 4 saturated carbocycles. The number of hydrogen-bond acceptors (Lipinski definition) is 2. The molecule has 0 saturated heterocycles. The lowest BCUT2D eigenvalue weighted by Gasteiger charge is -2.57. The second-order valence-corrected chi connectivity index (χ2v) is 9.34. The molecule has 0 unspecified atom stereocenters. The lowest BCUT2D eigenvalue weighted by molar-refractivity contribution is -0.160. The van der Waals surface area contributed by atoms with Crippen LogP contribution in [0.4, 0.5) is 0 Å². The van der Waals surface area contributed by atoms with Crippen molar-refractivity contribution in [3.05, 3.63) is 22.4 Å². The molecule has 1 amide bonds. The minimum absolute atomic E-state index is 0.00369. The molecule has 0 spiro atoms. The van der Waals surface area contributed by atoms with E-state index in [1.807, 2.05) is 0 Å². The van der Waals surface area contributed by atoms with Crippen LogP contribution in [-0.4, -0.2) is 16.8 Å². The second-order valence-electron chi connectivity index (χ2n) is 8.30. The molecule has 0 aliphatic heterocycles. The van der Waals surface area contributed by atoms with E-state index in [1.165, 1.54) is 43.4 Å². The maximum absolute atomic E-state index is 13.5. The Balaban J connectivity index is 1.58. The van der Waals surface area contributed by atoms with Crippen molar-refractivity contribution in [2.24, 2.45) is 23.2 Å². The fourth-order valence-corrected chi connectivity index (χ4v) is 6.44. The molecule has 4 fully saturated rings. The Hall–Kier alpha value is -0.830. The van der Waals surface area contributed by atoms with Gasteiger partial charge in [-0.1, -0.05) is 6.07 Å². The molecular weight excluding hydrogens is 290 g/mol. The monoisotopic (exact) mass is 317 g/mol. The molecule has 120 valence electrons. The highest BCUT2D eigenvalue weighted by Gasteiger charge is 2.55. The topological polar surface area (TPSA) is 20.3 Å². The Morgan fingerprint density at radius 2 is 1.82 bits per heavy atom. The van der Waals surface area contributed by atoms with Crippen LogP contribution in [0.5, 0.6) is 0 Å². The van der Waals surface area contributed by atoms with Crippen molar-refractivity contribution < 1.29 is 4.79 Å². The number of carbonyl (C=O) groups excluding carboxylic acids is 1. The molecule has 1 aromatic heterocycles. The highest BCUT2D eigenvalue weighted by Crippen LogP contribution is 2.60. The molecule has 4 bridgehead atoms. The zero-order chi connectivity index (χ0) is 15.3. The van der Waals surface area contributed by atoms with Crippen LogP contribution in [0.1, 0.15) is 57.2 Å². The number of thiophene rings is 1. The summed E-state index contributed by atoms with van der Waals surface area (Å²) in [6, 6.07) is 4.54. The van der Waals surface area contributed by atoms with Crippen LogP contribution >= 0.6 is 11.3 Å². The van der Waals surface area contributed by atoms with E-state index < -0.39 is 0 Å². The van der Waals surface area contributed by atoms with Crippen molar-refractivity contribution in [2.75, 3.05) is 0 Å². The predicted molar refractivity (Wildman–Crippen MR) is 90.6 cm³/mol. The molecule has 22 heavy (non-hydrogen) atoms. The van der Waals surface area contributed by atoms with Crippen molar-refractivity contribution >= 4 is 17.2 Å². The summed E-state index contributed by atoms with van der Waals surface area (Å²) in [6.07, 6.45) is 7.72. The highest BCUT2D eigenvalue weighted by molar-refractivity contribution is 7.09. The Bertz CT molecular complexity index is 513. The number of amides is 1. The highest BCUT2D eigenvalue weighted by atomic mass is 32.1. The first-order valence-electron chi connectivity index (χ1n) is 8.89. The van der Waals surface area contributed by atoms with Crippen LogP contribution in [0, 0.1) is 23.2 Å². The summed E-state index contributed by atoms with van der Waals surface area (Å²) in [4.78, 5) is 17.0. The van der Waals surface area contributed by atoms with Gasteiger partial charge in [-0.3, -0.25) is 4.79 Å². The van der Waals surface area contributed by atoms with Crippen LogP contribution in [0.2, 0.25) is 0 Å². The van der Waals surface area contributed by atoms with Gasteiger partial charge in [-0.05, 0) is 81.6 Å². The van der Waals surface area contributed by atoms with E-state index in [0.717, 1.165) is 24.3 Å². The van der Waals surface area contributed by atoms with Gasteiger partial charge in [-0.15, -0.1) is 11.3 Å². The van der Waals surface area contributed by atoms with Crippen LogP contribution < -0.4 is 0 Å². The van der Waals surface area contributed by atoms with Gasteiger partial charge in [-0.2, -0.15) is 0 Å². The van der Waals surface area contributed by atoms with Gasteiger partial charge in [0.2, 0.25) is 5.91 Å². The summed E-state index contributed by atoms with van der Waals surface area (Å²) in [6.45, 7) is 5.15. The van der Waals surface area contributed by atoms with Gasteiger partial charge in [0, 0.05) is 10.9 Å². The number of hydrogen-bond donors (Lipinski definition) is 0. The van der Waals surface area contributed by atoms with E-state index in [-0.39, 0.29) is 5.41 Å². The van der Waals surface area contributed by atoms with Crippen molar-refractivity contribution in [3.63, 3.8) is 0 Å². The fraction of sp³-hybridized carbons (Fsp3) is 0.737. The van der Waals surface area contributed by atoms with Crippen LogP contribution in [0.15, 0.2) is 17.5 Å². The lowest BCUT2D eigenvalue weighted by atomic mass is 9.49. The Labute approximate surface area is 137 Å². The summed E-state index contributed by atoms with van der Waals surface area (Å²) in [5.74, 6) is 2.98. The smallest absolute Gasteiger partial charge is 0.229 e. The van der Waals surface area contributed by atoms with Gasteiger partial charge in [0.1, 0.15) is 0 Å². The van der Waals surface area contributed by atoms with E-state index in [1.54, 1.807) is 11.3 Å². The molecule has 4 aliphatic carbocycles. The number of rotatable bonds is 4. The maximum atomic E-state index is 13.5. The van der Waals surface area contributed by atoms with Crippen molar-refractivity contribution in [2.45, 2.75) is 65.0 Å². The summed E-state index contributed by atoms with van der Waals surface area (Å²) in [5.41, 5.74) is -0.00369. The Kier molecular flexibility index (Phi) is 3.60. The molecule has 1 aromatic rings. The van der Waals surface area contributed by atoms with Crippen LogP contribution in [0.3, 0.4) is 0 Å². The average molecular weight is 317 g/mol. The van der Waals surface area contributed by atoms with Crippen molar-refractivity contribution in [3.8, 4) is 0 Å². The summed E-state index contributed by atoms with van der Waals surface area (Å²) >= 11 is 1.77. The Morgan fingerprint density at radius 1 is 1.23 bits per heavy atom. The molecule has 0 atom stereocenters. The average Bonchev–Trinajstić information content (AvgIpc) is 2.95. The number of nitrogens with zero attached hydrogens (tertiary/aromatic N) is 1. The SMILES string of the molecule is CC(C)N(Cc1cccs1)C(=O)C12CC3CC(CC(C3)C1)C2. The first kappa shape index (κ1) is 14.7. The van der Waals surface area contributed by atoms with E-state index in [2.05, 4.69) is 36.3 Å². The molecule has 3 heteroatoms. The second kappa shape index (κ2) is 5.36. The normalized spacial score (nSPS) is 36.0.